The van der Waals surface area contributed by atoms with E-state index in [4.69, 9.17) is 0 Å². The monoisotopic (exact) mass is 421 g/mol. The second-order valence-electron chi connectivity index (χ2n) is 7.75. The smallest absolute Gasteiger partial charge is 0.295 e. The lowest BCUT2D eigenvalue weighted by Gasteiger charge is -2.41. The van der Waals surface area contributed by atoms with Crippen molar-refractivity contribution < 1.29 is 18.8 Å². The van der Waals surface area contributed by atoms with Gasteiger partial charge in [0, 0.05) is 48.3 Å². The third-order valence-corrected chi connectivity index (χ3v) is 5.77. The van der Waals surface area contributed by atoms with Crippen LogP contribution in [0.15, 0.2) is 54.7 Å². The van der Waals surface area contributed by atoms with Crippen LogP contribution in [-0.4, -0.2) is 58.1 Å². The highest BCUT2D eigenvalue weighted by Gasteiger charge is 2.35. The highest BCUT2D eigenvalue weighted by molar-refractivity contribution is 6.44. The summed E-state index contributed by atoms with van der Waals surface area (Å²) in [5.74, 6) is -2.03. The van der Waals surface area contributed by atoms with E-state index < -0.39 is 17.5 Å². The molecule has 0 saturated carbocycles. The minimum absolute atomic E-state index is 0.0351. The van der Waals surface area contributed by atoms with Gasteiger partial charge in [0.05, 0.1) is 5.56 Å². The van der Waals surface area contributed by atoms with Gasteiger partial charge in [-0.2, -0.15) is 0 Å². The van der Waals surface area contributed by atoms with Crippen molar-refractivity contribution in [3.05, 3.63) is 71.7 Å². The molecule has 2 aromatic carbocycles. The summed E-state index contributed by atoms with van der Waals surface area (Å²) in [4.78, 5) is 45.0. The lowest BCUT2D eigenvalue weighted by molar-refractivity contribution is -0.129. The third-order valence-electron chi connectivity index (χ3n) is 5.77. The van der Waals surface area contributed by atoms with Gasteiger partial charge in [0.15, 0.2) is 0 Å². The van der Waals surface area contributed by atoms with E-state index in [1.165, 1.54) is 17.2 Å². The topological polar surface area (TPSA) is 73.5 Å². The van der Waals surface area contributed by atoms with Crippen LogP contribution in [0.4, 0.5) is 4.39 Å². The van der Waals surface area contributed by atoms with E-state index >= 15 is 0 Å². The number of aromatic amines is 1. The van der Waals surface area contributed by atoms with Crippen molar-refractivity contribution in [2.75, 3.05) is 19.6 Å². The number of ketones is 1. The molecule has 1 aliphatic heterocycles. The van der Waals surface area contributed by atoms with E-state index in [2.05, 4.69) is 4.98 Å². The number of piperazine rings is 1. The molecule has 3 aromatic rings. The lowest BCUT2D eigenvalue weighted by Crippen LogP contribution is -2.57. The Morgan fingerprint density at radius 2 is 1.84 bits per heavy atom. The fourth-order valence-electron chi connectivity index (χ4n) is 4.21. The van der Waals surface area contributed by atoms with Gasteiger partial charge in [-0.1, -0.05) is 37.6 Å². The van der Waals surface area contributed by atoms with Crippen LogP contribution in [-0.2, 0) is 4.79 Å². The van der Waals surface area contributed by atoms with E-state index in [0.29, 0.717) is 17.6 Å². The first-order chi connectivity index (χ1) is 15.0. The number of halogens is 1. The van der Waals surface area contributed by atoms with Gasteiger partial charge in [-0.05, 0) is 30.7 Å². The summed E-state index contributed by atoms with van der Waals surface area (Å²) >= 11 is 0. The number of benzene rings is 2. The summed E-state index contributed by atoms with van der Waals surface area (Å²) in [6.45, 7) is 2.90. The molecule has 1 N–H and O–H groups in total. The van der Waals surface area contributed by atoms with E-state index in [-0.39, 0.29) is 36.0 Å². The molecule has 0 spiro atoms. The molecular formula is C24H24FN3O3. The summed E-state index contributed by atoms with van der Waals surface area (Å²) in [5.41, 5.74) is 1.11. The fraction of sp³-hybridized carbons (Fsp3) is 0.292. The summed E-state index contributed by atoms with van der Waals surface area (Å²) in [6, 6.07) is 13.3. The van der Waals surface area contributed by atoms with Crippen molar-refractivity contribution >= 4 is 28.5 Å². The van der Waals surface area contributed by atoms with Crippen molar-refractivity contribution in [2.24, 2.45) is 0 Å². The standard InChI is InChI=1S/C24H24FN3O3/c1-2-7-17-15-27(12-13-28(17)23(30)16-8-4-3-5-9-16)24(31)22(29)18-14-26-20-11-6-10-19(25)21(18)20/h3-6,8-11,14,17,26H,2,7,12-13,15H2,1H3. The molecule has 2 heterocycles. The van der Waals surface area contributed by atoms with Crippen molar-refractivity contribution in [1.29, 1.82) is 0 Å². The Balaban J connectivity index is 1.53. The zero-order valence-electron chi connectivity index (χ0n) is 17.3. The molecule has 0 aliphatic carbocycles. The van der Waals surface area contributed by atoms with E-state index in [0.717, 1.165) is 12.8 Å². The summed E-state index contributed by atoms with van der Waals surface area (Å²) < 4.78 is 14.3. The Labute approximate surface area is 179 Å². The van der Waals surface area contributed by atoms with Crippen molar-refractivity contribution in [1.82, 2.24) is 14.8 Å². The maximum Gasteiger partial charge on any atom is 0.295 e. The minimum Gasteiger partial charge on any atom is -0.360 e. The van der Waals surface area contributed by atoms with Gasteiger partial charge in [-0.25, -0.2) is 4.39 Å². The van der Waals surface area contributed by atoms with Crippen molar-refractivity contribution in [2.45, 2.75) is 25.8 Å². The first-order valence-corrected chi connectivity index (χ1v) is 10.5. The predicted molar refractivity (Wildman–Crippen MR) is 115 cm³/mol. The number of aromatic nitrogens is 1. The SMILES string of the molecule is CCCC1CN(C(=O)C(=O)c2c[nH]c3cccc(F)c23)CCN1C(=O)c1ccccc1. The van der Waals surface area contributed by atoms with Gasteiger partial charge in [0.2, 0.25) is 0 Å². The Morgan fingerprint density at radius 3 is 2.58 bits per heavy atom. The maximum atomic E-state index is 14.3. The first kappa shape index (κ1) is 20.8. The molecule has 4 rings (SSSR count). The van der Waals surface area contributed by atoms with Crippen LogP contribution in [0.25, 0.3) is 10.9 Å². The predicted octanol–water partition coefficient (Wildman–Crippen LogP) is 3.64. The molecule has 1 aliphatic rings. The molecule has 31 heavy (non-hydrogen) atoms. The highest BCUT2D eigenvalue weighted by atomic mass is 19.1. The summed E-state index contributed by atoms with van der Waals surface area (Å²) in [7, 11) is 0. The number of H-pyrrole nitrogens is 1. The van der Waals surface area contributed by atoms with Gasteiger partial charge >= 0.3 is 0 Å². The number of hydrogen-bond acceptors (Lipinski definition) is 3. The van der Waals surface area contributed by atoms with Crippen LogP contribution >= 0.6 is 0 Å². The molecule has 1 aromatic heterocycles. The third kappa shape index (κ3) is 3.95. The molecule has 7 heteroatoms. The van der Waals surface area contributed by atoms with Gasteiger partial charge < -0.3 is 14.8 Å². The van der Waals surface area contributed by atoms with Crippen LogP contribution in [0.5, 0.6) is 0 Å². The number of nitrogens with zero attached hydrogens (tertiary/aromatic N) is 2. The van der Waals surface area contributed by atoms with Crippen molar-refractivity contribution in [3.63, 3.8) is 0 Å². The average Bonchev–Trinajstić information content (AvgIpc) is 3.24. The number of amides is 2. The van der Waals surface area contributed by atoms with Gasteiger partial charge in [0.25, 0.3) is 17.6 Å². The number of fused-ring (bicyclic) bond motifs is 1. The van der Waals surface area contributed by atoms with Gasteiger partial charge in [-0.15, -0.1) is 0 Å². The number of hydrogen-bond donors (Lipinski definition) is 1. The van der Waals surface area contributed by atoms with Crippen LogP contribution in [0.2, 0.25) is 0 Å². The van der Waals surface area contributed by atoms with E-state index in [1.54, 1.807) is 29.2 Å². The quantitative estimate of drug-likeness (QED) is 0.505. The zero-order valence-corrected chi connectivity index (χ0v) is 17.3. The Bertz CT molecular complexity index is 1130. The Kier molecular flexibility index (Phi) is 5.84. The maximum absolute atomic E-state index is 14.3. The number of carbonyl (C=O) groups excluding carboxylic acids is 3. The molecule has 160 valence electrons. The summed E-state index contributed by atoms with van der Waals surface area (Å²) in [6.07, 6.45) is 2.94. The minimum atomic E-state index is -0.741. The average molecular weight is 421 g/mol. The van der Waals surface area contributed by atoms with Crippen LogP contribution < -0.4 is 0 Å². The Morgan fingerprint density at radius 1 is 1.06 bits per heavy atom. The molecule has 0 bridgehead atoms. The molecule has 2 amide bonds. The van der Waals surface area contributed by atoms with Crippen LogP contribution in [0.1, 0.15) is 40.5 Å². The van der Waals surface area contributed by atoms with Gasteiger partial charge in [0.1, 0.15) is 5.82 Å². The number of Topliss-reactive ketones (excluding diaryl/α,β-unsaturated/α-hetero) is 1. The number of nitrogens with one attached hydrogen (secondary N) is 1. The lowest BCUT2D eigenvalue weighted by atomic mass is 10.0. The molecule has 6 nitrogen and oxygen atoms in total. The van der Waals surface area contributed by atoms with Crippen molar-refractivity contribution in [3.8, 4) is 0 Å². The number of carbonyl (C=O) groups is 3. The summed E-state index contributed by atoms with van der Waals surface area (Å²) in [5, 5.41) is 0.129. The molecular weight excluding hydrogens is 397 g/mol. The number of rotatable bonds is 5. The molecule has 1 unspecified atom stereocenters. The van der Waals surface area contributed by atoms with Crippen LogP contribution in [0, 0.1) is 5.82 Å². The second-order valence-corrected chi connectivity index (χ2v) is 7.75. The molecule has 1 atom stereocenters. The molecule has 0 radical (unpaired) electrons. The fourth-order valence-corrected chi connectivity index (χ4v) is 4.21. The normalized spacial score (nSPS) is 16.5. The zero-order chi connectivity index (χ0) is 22.0. The van der Waals surface area contributed by atoms with E-state index in [9.17, 15) is 18.8 Å². The highest BCUT2D eigenvalue weighted by Crippen LogP contribution is 2.24. The molecule has 1 saturated heterocycles. The second kappa shape index (κ2) is 8.71. The Hall–Kier alpha value is -3.48. The largest absolute Gasteiger partial charge is 0.360 e. The van der Waals surface area contributed by atoms with E-state index in [1.807, 2.05) is 25.1 Å². The molecule has 1 fully saturated rings. The first-order valence-electron chi connectivity index (χ1n) is 10.5. The van der Waals surface area contributed by atoms with Gasteiger partial charge in [-0.3, -0.25) is 14.4 Å². The van der Waals surface area contributed by atoms with Crippen LogP contribution in [0.3, 0.4) is 0 Å².